The molecular weight excluding hydrogens is 434 g/mol. The summed E-state index contributed by atoms with van der Waals surface area (Å²) in [5.74, 6) is 1.09. The zero-order valence-corrected chi connectivity index (χ0v) is 20.8. The molecule has 1 fully saturated rings. The van der Waals surface area contributed by atoms with Crippen molar-refractivity contribution in [2.24, 2.45) is 0 Å². The predicted molar refractivity (Wildman–Crippen MR) is 135 cm³/mol. The number of amides is 1. The van der Waals surface area contributed by atoms with Gasteiger partial charge in [0.25, 0.3) is 5.91 Å². The number of anilines is 1. The Morgan fingerprint density at radius 3 is 2.48 bits per heavy atom. The number of ether oxygens (including phenoxy) is 2. The highest BCUT2D eigenvalue weighted by atomic mass is 32.1. The minimum absolute atomic E-state index is 0.0158. The number of morpholine rings is 1. The number of carbonyl (C=O) groups excluding carboxylic acids is 1. The van der Waals surface area contributed by atoms with Crippen LogP contribution in [0.3, 0.4) is 0 Å². The quantitative estimate of drug-likeness (QED) is 0.477. The molecule has 0 spiro atoms. The van der Waals surface area contributed by atoms with E-state index in [9.17, 15) is 4.79 Å². The Hall–Kier alpha value is -2.48. The van der Waals surface area contributed by atoms with Crippen LogP contribution < -0.4 is 9.64 Å². The first-order chi connectivity index (χ1) is 15.9. The lowest BCUT2D eigenvalue weighted by atomic mass is 10.0. The van der Waals surface area contributed by atoms with Crippen LogP contribution in [0.2, 0.25) is 0 Å². The minimum Gasteiger partial charge on any atom is -0.484 e. The fourth-order valence-electron chi connectivity index (χ4n) is 3.93. The third-order valence-corrected chi connectivity index (χ3v) is 7.33. The number of thiazole rings is 1. The van der Waals surface area contributed by atoms with Crippen LogP contribution >= 0.6 is 11.3 Å². The van der Waals surface area contributed by atoms with Crippen molar-refractivity contribution in [2.75, 3.05) is 50.9 Å². The second-order valence-corrected chi connectivity index (χ2v) is 9.86. The van der Waals surface area contributed by atoms with Gasteiger partial charge in [0.1, 0.15) is 5.75 Å². The third-order valence-electron chi connectivity index (χ3n) is 6.12. The van der Waals surface area contributed by atoms with E-state index in [4.69, 9.17) is 14.5 Å². The normalized spacial score (nSPS) is 14.7. The SMILES string of the molecule is Cc1ccc(C)c2sc(N(CCN3CCOCC3)C(=O)COc3ccc(C(C)C)cc3)nc12. The van der Waals surface area contributed by atoms with Gasteiger partial charge < -0.3 is 9.47 Å². The van der Waals surface area contributed by atoms with Crippen LogP contribution in [-0.4, -0.2) is 61.8 Å². The van der Waals surface area contributed by atoms with Gasteiger partial charge >= 0.3 is 0 Å². The van der Waals surface area contributed by atoms with Gasteiger partial charge in [0.2, 0.25) is 0 Å². The van der Waals surface area contributed by atoms with Gasteiger partial charge in [-0.1, -0.05) is 49.4 Å². The van der Waals surface area contributed by atoms with Gasteiger partial charge in [-0.25, -0.2) is 4.98 Å². The summed E-state index contributed by atoms with van der Waals surface area (Å²) >= 11 is 1.58. The van der Waals surface area contributed by atoms with E-state index in [1.807, 2.05) is 12.1 Å². The highest BCUT2D eigenvalue weighted by Crippen LogP contribution is 2.33. The van der Waals surface area contributed by atoms with Crippen molar-refractivity contribution in [1.29, 1.82) is 0 Å². The summed E-state index contributed by atoms with van der Waals surface area (Å²) < 4.78 is 12.5. The second kappa shape index (κ2) is 10.6. The first-order valence-corrected chi connectivity index (χ1v) is 12.4. The molecule has 0 unspecified atom stereocenters. The van der Waals surface area contributed by atoms with Crippen LogP contribution in [0.1, 0.15) is 36.5 Å². The molecule has 6 nitrogen and oxygen atoms in total. The first kappa shape index (κ1) is 23.7. The summed E-state index contributed by atoms with van der Waals surface area (Å²) in [4.78, 5) is 22.3. The molecule has 0 atom stereocenters. The molecule has 0 aliphatic carbocycles. The fourth-order valence-corrected chi connectivity index (χ4v) is 5.08. The van der Waals surface area contributed by atoms with Gasteiger partial charge in [0.15, 0.2) is 11.7 Å². The summed E-state index contributed by atoms with van der Waals surface area (Å²) in [5, 5.41) is 0.736. The lowest BCUT2D eigenvalue weighted by molar-refractivity contribution is -0.120. The van der Waals surface area contributed by atoms with Crippen LogP contribution in [0.4, 0.5) is 5.13 Å². The highest BCUT2D eigenvalue weighted by Gasteiger charge is 2.23. The topological polar surface area (TPSA) is 54.9 Å². The number of rotatable bonds is 8. The maximum atomic E-state index is 13.3. The van der Waals surface area contributed by atoms with E-state index >= 15 is 0 Å². The number of hydrogen-bond donors (Lipinski definition) is 0. The van der Waals surface area contributed by atoms with Gasteiger partial charge in [-0.2, -0.15) is 0 Å². The number of nitrogens with zero attached hydrogens (tertiary/aromatic N) is 3. The van der Waals surface area contributed by atoms with Gasteiger partial charge in [0.05, 0.1) is 23.4 Å². The van der Waals surface area contributed by atoms with E-state index in [1.165, 1.54) is 11.1 Å². The van der Waals surface area contributed by atoms with Crippen molar-refractivity contribution < 1.29 is 14.3 Å². The molecule has 176 valence electrons. The van der Waals surface area contributed by atoms with Crippen molar-refractivity contribution in [2.45, 2.75) is 33.6 Å². The molecule has 1 amide bonds. The van der Waals surface area contributed by atoms with Gasteiger partial charge in [0, 0.05) is 26.2 Å². The smallest absolute Gasteiger partial charge is 0.266 e. The molecule has 0 radical (unpaired) electrons. The molecule has 3 aromatic rings. The lowest BCUT2D eigenvalue weighted by Crippen LogP contribution is -2.44. The van der Waals surface area contributed by atoms with Gasteiger partial charge in [-0.3, -0.25) is 14.6 Å². The average molecular weight is 468 g/mol. The molecule has 7 heteroatoms. The number of aryl methyl sites for hydroxylation is 2. The molecule has 0 N–H and O–H groups in total. The predicted octanol–water partition coefficient (Wildman–Crippen LogP) is 4.78. The lowest BCUT2D eigenvalue weighted by Gasteiger charge is -2.29. The summed E-state index contributed by atoms with van der Waals surface area (Å²) in [6.07, 6.45) is 0. The summed E-state index contributed by atoms with van der Waals surface area (Å²) in [6, 6.07) is 12.2. The van der Waals surface area contributed by atoms with Crippen LogP contribution in [0, 0.1) is 13.8 Å². The van der Waals surface area contributed by atoms with Crippen LogP contribution in [0.25, 0.3) is 10.2 Å². The summed E-state index contributed by atoms with van der Waals surface area (Å²) in [6.45, 7) is 13.1. The fraction of sp³-hybridized carbons (Fsp3) is 0.462. The van der Waals surface area contributed by atoms with E-state index in [2.05, 4.69) is 56.9 Å². The number of fused-ring (bicyclic) bond motifs is 1. The molecule has 1 aromatic heterocycles. The van der Waals surface area contributed by atoms with Crippen LogP contribution in [-0.2, 0) is 9.53 Å². The monoisotopic (exact) mass is 467 g/mol. The molecule has 1 saturated heterocycles. The number of hydrogen-bond acceptors (Lipinski definition) is 6. The number of aromatic nitrogens is 1. The van der Waals surface area contributed by atoms with E-state index in [1.54, 1.807) is 16.2 Å². The largest absolute Gasteiger partial charge is 0.484 e. The Kier molecular flexibility index (Phi) is 7.63. The van der Waals surface area contributed by atoms with Gasteiger partial charge in [-0.15, -0.1) is 0 Å². The Morgan fingerprint density at radius 1 is 1.12 bits per heavy atom. The van der Waals surface area contributed by atoms with Crippen molar-refractivity contribution in [3.63, 3.8) is 0 Å². The molecule has 2 aromatic carbocycles. The van der Waals surface area contributed by atoms with Crippen molar-refractivity contribution in [1.82, 2.24) is 9.88 Å². The van der Waals surface area contributed by atoms with E-state index in [0.29, 0.717) is 18.2 Å². The number of carbonyl (C=O) groups is 1. The van der Waals surface area contributed by atoms with Crippen LogP contribution in [0.15, 0.2) is 36.4 Å². The molecule has 0 saturated carbocycles. The molecule has 0 bridgehead atoms. The average Bonchev–Trinajstić information content (AvgIpc) is 3.28. The van der Waals surface area contributed by atoms with E-state index in [0.717, 1.165) is 53.8 Å². The van der Waals surface area contributed by atoms with Crippen LogP contribution in [0.5, 0.6) is 5.75 Å². The molecule has 4 rings (SSSR count). The molecule has 1 aliphatic rings. The van der Waals surface area contributed by atoms with E-state index in [-0.39, 0.29) is 12.5 Å². The zero-order valence-electron chi connectivity index (χ0n) is 20.0. The Labute approximate surface area is 200 Å². The van der Waals surface area contributed by atoms with Crippen molar-refractivity contribution in [3.8, 4) is 5.75 Å². The van der Waals surface area contributed by atoms with E-state index < -0.39 is 0 Å². The molecular formula is C26H33N3O3S. The van der Waals surface area contributed by atoms with Crippen molar-refractivity contribution >= 4 is 32.6 Å². The molecule has 2 heterocycles. The zero-order chi connectivity index (χ0) is 23.4. The Morgan fingerprint density at radius 2 is 1.82 bits per heavy atom. The summed E-state index contributed by atoms with van der Waals surface area (Å²) in [7, 11) is 0. The minimum atomic E-state index is -0.0782. The maximum absolute atomic E-state index is 13.3. The highest BCUT2D eigenvalue weighted by molar-refractivity contribution is 7.22. The Bertz CT molecular complexity index is 1050. The summed E-state index contributed by atoms with van der Waals surface area (Å²) in [5.41, 5.74) is 4.53. The van der Waals surface area contributed by atoms with Gasteiger partial charge in [-0.05, 0) is 48.6 Å². The molecule has 33 heavy (non-hydrogen) atoms. The first-order valence-electron chi connectivity index (χ1n) is 11.6. The second-order valence-electron chi connectivity index (χ2n) is 8.89. The number of benzene rings is 2. The maximum Gasteiger partial charge on any atom is 0.266 e. The Balaban J connectivity index is 1.52. The standard InChI is InChI=1S/C26H33N3O3S/c1-18(2)21-7-9-22(10-8-21)32-17-23(30)29(12-11-28-13-15-31-16-14-28)26-27-24-19(3)5-6-20(4)25(24)33-26/h5-10,18H,11-17H2,1-4H3. The molecule has 1 aliphatic heterocycles. The third kappa shape index (κ3) is 5.72. The van der Waals surface area contributed by atoms with Crippen molar-refractivity contribution in [3.05, 3.63) is 53.1 Å².